The van der Waals surface area contributed by atoms with Gasteiger partial charge in [0.25, 0.3) is 0 Å². The quantitative estimate of drug-likeness (QED) is 0.0719. The summed E-state index contributed by atoms with van der Waals surface area (Å²) in [5.74, 6) is 0. The number of rotatable bonds is 24. The van der Waals surface area contributed by atoms with Crippen LogP contribution < -0.4 is 0 Å². The van der Waals surface area contributed by atoms with Crippen LogP contribution in [-0.2, 0) is 13.1 Å². The van der Waals surface area contributed by atoms with Crippen molar-refractivity contribution in [2.75, 3.05) is 13.1 Å². The highest BCUT2D eigenvalue weighted by Crippen LogP contribution is 2.21. The summed E-state index contributed by atoms with van der Waals surface area (Å²) in [5, 5.41) is 0. The van der Waals surface area contributed by atoms with Gasteiger partial charge < -0.3 is 4.48 Å². The molecule has 2 rings (SSSR count). The molecule has 0 radical (unpaired) electrons. The molecule has 0 unspecified atom stereocenters. The van der Waals surface area contributed by atoms with Gasteiger partial charge in [-0.25, -0.2) is 0 Å². The minimum absolute atomic E-state index is 1.05. The SMILES string of the molecule is CCCCCCCCC/C=C/C[N+](C/C=C/CCCCCCCCC)(Cc1ccccc1)Cc1ccccc1. The van der Waals surface area contributed by atoms with Crippen LogP contribution in [-0.4, -0.2) is 17.6 Å². The number of nitrogens with zero attached hydrogens (tertiary/aromatic N) is 1. The Morgan fingerprint density at radius 2 is 0.795 bits per heavy atom. The molecule has 0 amide bonds. The number of hydrogen-bond acceptors (Lipinski definition) is 0. The first kappa shape index (κ1) is 33.1. The minimum atomic E-state index is 1.05. The summed E-state index contributed by atoms with van der Waals surface area (Å²) in [6.45, 7) is 8.90. The maximum atomic E-state index is 2.49. The highest BCUT2D eigenvalue weighted by Gasteiger charge is 2.26. The van der Waals surface area contributed by atoms with Crippen LogP contribution in [0.25, 0.3) is 0 Å². The Hall–Kier alpha value is -2.12. The Morgan fingerprint density at radius 3 is 1.18 bits per heavy atom. The van der Waals surface area contributed by atoms with Crippen LogP contribution in [0.4, 0.5) is 0 Å². The second kappa shape index (κ2) is 22.7. The number of allylic oxidation sites excluding steroid dienone is 2. The lowest BCUT2D eigenvalue weighted by Gasteiger charge is -2.37. The van der Waals surface area contributed by atoms with Gasteiger partial charge >= 0.3 is 0 Å². The van der Waals surface area contributed by atoms with Gasteiger partial charge in [0, 0.05) is 11.1 Å². The van der Waals surface area contributed by atoms with E-state index in [1.165, 1.54) is 114 Å². The lowest BCUT2D eigenvalue weighted by molar-refractivity contribution is -0.943. The standard InChI is InChI=1S/C38H60N/c1-3-5-7-9-11-13-15-17-19-27-33-39(35-37-29-23-21-24-30-37,36-38-31-25-22-26-32-38)34-28-20-18-16-14-12-10-8-6-4-2/h19-32H,3-18,33-36H2,1-2H3/q+1/b27-19+,28-20+. The molecule has 0 spiro atoms. The molecule has 216 valence electrons. The highest BCUT2D eigenvalue weighted by molar-refractivity contribution is 5.16. The van der Waals surface area contributed by atoms with Crippen molar-refractivity contribution in [3.63, 3.8) is 0 Å². The number of benzene rings is 2. The van der Waals surface area contributed by atoms with Crippen molar-refractivity contribution >= 4 is 0 Å². The number of hydrogen-bond donors (Lipinski definition) is 0. The Bertz CT molecular complexity index is 777. The van der Waals surface area contributed by atoms with E-state index in [-0.39, 0.29) is 0 Å². The van der Waals surface area contributed by atoms with Crippen molar-refractivity contribution in [1.82, 2.24) is 0 Å². The Morgan fingerprint density at radius 1 is 0.436 bits per heavy atom. The van der Waals surface area contributed by atoms with Gasteiger partial charge in [0.15, 0.2) is 0 Å². The first-order valence-electron chi connectivity index (χ1n) is 16.5. The second-order valence-corrected chi connectivity index (χ2v) is 11.8. The van der Waals surface area contributed by atoms with E-state index in [0.717, 1.165) is 30.7 Å². The minimum Gasteiger partial charge on any atom is -0.310 e. The molecule has 0 aromatic heterocycles. The van der Waals surface area contributed by atoms with Crippen LogP contribution in [0.3, 0.4) is 0 Å². The van der Waals surface area contributed by atoms with Crippen molar-refractivity contribution in [3.8, 4) is 0 Å². The van der Waals surface area contributed by atoms with Gasteiger partial charge in [0.05, 0.1) is 13.1 Å². The molecule has 0 aliphatic rings. The molecule has 0 fully saturated rings. The number of unbranched alkanes of at least 4 members (excludes halogenated alkanes) is 14. The normalized spacial score (nSPS) is 12.2. The first-order chi connectivity index (χ1) is 19.3. The molecule has 2 aromatic rings. The molecular formula is C38H60N+. The van der Waals surface area contributed by atoms with Gasteiger partial charge in [0.2, 0.25) is 0 Å². The van der Waals surface area contributed by atoms with E-state index >= 15 is 0 Å². The fourth-order valence-corrected chi connectivity index (χ4v) is 5.60. The van der Waals surface area contributed by atoms with Crippen molar-refractivity contribution in [2.24, 2.45) is 0 Å². The molecule has 0 saturated heterocycles. The van der Waals surface area contributed by atoms with Crippen LogP contribution in [0.2, 0.25) is 0 Å². The lowest BCUT2D eigenvalue weighted by atomic mass is 10.1. The fourth-order valence-electron chi connectivity index (χ4n) is 5.60. The summed E-state index contributed by atoms with van der Waals surface area (Å²) in [4.78, 5) is 0. The molecule has 0 aliphatic carbocycles. The van der Waals surface area contributed by atoms with Gasteiger partial charge in [-0.15, -0.1) is 0 Å². The highest BCUT2D eigenvalue weighted by atomic mass is 15.3. The number of quaternary nitrogens is 1. The van der Waals surface area contributed by atoms with Crippen molar-refractivity contribution in [2.45, 2.75) is 130 Å². The van der Waals surface area contributed by atoms with Gasteiger partial charge in [-0.2, -0.15) is 0 Å². The lowest BCUT2D eigenvalue weighted by Crippen LogP contribution is -2.46. The maximum absolute atomic E-state index is 2.49. The fraction of sp³-hybridized carbons (Fsp3) is 0.579. The van der Waals surface area contributed by atoms with E-state index in [1.807, 2.05) is 0 Å². The predicted molar refractivity (Wildman–Crippen MR) is 174 cm³/mol. The Balaban J connectivity index is 1.98. The van der Waals surface area contributed by atoms with Gasteiger partial charge in [0.1, 0.15) is 13.1 Å². The summed E-state index contributed by atoms with van der Waals surface area (Å²) >= 11 is 0. The molecule has 0 atom stereocenters. The van der Waals surface area contributed by atoms with E-state index in [4.69, 9.17) is 0 Å². The molecule has 1 heteroatoms. The van der Waals surface area contributed by atoms with Crippen molar-refractivity contribution in [3.05, 3.63) is 96.1 Å². The third kappa shape index (κ3) is 16.6. The third-order valence-corrected chi connectivity index (χ3v) is 7.99. The summed E-state index contributed by atoms with van der Waals surface area (Å²) in [7, 11) is 0. The van der Waals surface area contributed by atoms with E-state index in [1.54, 1.807) is 0 Å². The zero-order valence-corrected chi connectivity index (χ0v) is 25.7. The molecule has 0 heterocycles. The summed E-state index contributed by atoms with van der Waals surface area (Å²) in [6, 6.07) is 22.3. The maximum Gasteiger partial charge on any atom is 0.105 e. The largest absolute Gasteiger partial charge is 0.310 e. The molecule has 1 nitrogen and oxygen atoms in total. The molecule has 0 aliphatic heterocycles. The van der Waals surface area contributed by atoms with Gasteiger partial charge in [-0.3, -0.25) is 0 Å². The third-order valence-electron chi connectivity index (χ3n) is 7.99. The molecule has 0 saturated carbocycles. The van der Waals surface area contributed by atoms with Crippen molar-refractivity contribution < 1.29 is 4.48 Å². The monoisotopic (exact) mass is 530 g/mol. The summed E-state index contributed by atoms with van der Waals surface area (Å²) in [5.41, 5.74) is 2.88. The molecular weight excluding hydrogens is 470 g/mol. The van der Waals surface area contributed by atoms with Crippen LogP contribution >= 0.6 is 0 Å². The topological polar surface area (TPSA) is 0 Å². The Kier molecular flexibility index (Phi) is 19.2. The zero-order chi connectivity index (χ0) is 27.7. The zero-order valence-electron chi connectivity index (χ0n) is 25.7. The average molecular weight is 531 g/mol. The van der Waals surface area contributed by atoms with Gasteiger partial charge in [-0.05, 0) is 37.8 Å². The molecule has 0 N–H and O–H groups in total. The summed E-state index contributed by atoms with van der Waals surface area (Å²) in [6.07, 6.45) is 31.7. The molecule has 0 bridgehead atoms. The molecule has 39 heavy (non-hydrogen) atoms. The van der Waals surface area contributed by atoms with E-state index in [9.17, 15) is 0 Å². The van der Waals surface area contributed by atoms with E-state index in [2.05, 4.69) is 98.8 Å². The molecule has 2 aromatic carbocycles. The average Bonchev–Trinajstić information content (AvgIpc) is 2.96. The van der Waals surface area contributed by atoms with Gasteiger partial charge in [-0.1, -0.05) is 164 Å². The first-order valence-corrected chi connectivity index (χ1v) is 16.5. The smallest absolute Gasteiger partial charge is 0.105 e. The van der Waals surface area contributed by atoms with Crippen LogP contribution in [0.15, 0.2) is 85.0 Å². The van der Waals surface area contributed by atoms with Crippen LogP contribution in [0.1, 0.15) is 128 Å². The van der Waals surface area contributed by atoms with Crippen LogP contribution in [0.5, 0.6) is 0 Å². The van der Waals surface area contributed by atoms with Crippen molar-refractivity contribution in [1.29, 1.82) is 0 Å². The van der Waals surface area contributed by atoms with Crippen LogP contribution in [0, 0.1) is 0 Å². The Labute approximate surface area is 243 Å². The predicted octanol–water partition coefficient (Wildman–Crippen LogP) is 11.6. The van der Waals surface area contributed by atoms with E-state index in [0.29, 0.717) is 0 Å². The van der Waals surface area contributed by atoms with E-state index < -0.39 is 0 Å². The second-order valence-electron chi connectivity index (χ2n) is 11.8. The summed E-state index contributed by atoms with van der Waals surface area (Å²) < 4.78 is 1.05.